The summed E-state index contributed by atoms with van der Waals surface area (Å²) in [7, 11) is 0. The largest absolute Gasteiger partial charge is 0.481 e. The minimum Gasteiger partial charge on any atom is -0.481 e. The van der Waals surface area contributed by atoms with Gasteiger partial charge in [-0.25, -0.2) is 0 Å². The van der Waals surface area contributed by atoms with E-state index < -0.39 is 5.97 Å². The summed E-state index contributed by atoms with van der Waals surface area (Å²) >= 11 is 0. The van der Waals surface area contributed by atoms with E-state index >= 15 is 0 Å². The van der Waals surface area contributed by atoms with Crippen LogP contribution in [0.2, 0.25) is 0 Å². The lowest BCUT2D eigenvalue weighted by atomic mass is 9.97. The van der Waals surface area contributed by atoms with Crippen molar-refractivity contribution in [1.82, 2.24) is 0 Å². The average molecular weight is 220 g/mol. The SMILES string of the molecule is CCC(C)Cc1ccc(CCC(=O)O)cc1. The van der Waals surface area contributed by atoms with Crippen molar-refractivity contribution in [3.8, 4) is 0 Å². The molecule has 2 nitrogen and oxygen atoms in total. The molecule has 16 heavy (non-hydrogen) atoms. The van der Waals surface area contributed by atoms with Crippen LogP contribution in [0.5, 0.6) is 0 Å². The Morgan fingerprint density at radius 2 is 1.81 bits per heavy atom. The number of carbonyl (C=O) groups is 1. The van der Waals surface area contributed by atoms with E-state index in [0.29, 0.717) is 12.3 Å². The Hall–Kier alpha value is -1.31. The maximum atomic E-state index is 10.4. The van der Waals surface area contributed by atoms with E-state index in [9.17, 15) is 4.79 Å². The first-order valence-electron chi connectivity index (χ1n) is 5.91. The van der Waals surface area contributed by atoms with Gasteiger partial charge >= 0.3 is 5.97 Å². The van der Waals surface area contributed by atoms with E-state index in [1.54, 1.807) is 0 Å². The highest BCUT2D eigenvalue weighted by molar-refractivity contribution is 5.67. The van der Waals surface area contributed by atoms with Gasteiger partial charge in [0, 0.05) is 6.42 Å². The van der Waals surface area contributed by atoms with E-state index in [-0.39, 0.29) is 6.42 Å². The van der Waals surface area contributed by atoms with Gasteiger partial charge in [-0.05, 0) is 29.9 Å². The number of rotatable bonds is 6. The van der Waals surface area contributed by atoms with Crippen molar-refractivity contribution in [2.45, 2.75) is 39.5 Å². The van der Waals surface area contributed by atoms with Crippen LogP contribution in [-0.4, -0.2) is 11.1 Å². The Morgan fingerprint density at radius 1 is 1.25 bits per heavy atom. The average Bonchev–Trinajstić information content (AvgIpc) is 2.28. The number of benzene rings is 1. The maximum Gasteiger partial charge on any atom is 0.303 e. The van der Waals surface area contributed by atoms with Crippen LogP contribution in [0.15, 0.2) is 24.3 Å². The summed E-state index contributed by atoms with van der Waals surface area (Å²) in [5.74, 6) is -0.0199. The predicted octanol–water partition coefficient (Wildman–Crippen LogP) is 3.29. The first-order valence-corrected chi connectivity index (χ1v) is 5.91. The Bertz CT molecular complexity index is 327. The summed E-state index contributed by atoms with van der Waals surface area (Å²) in [6.07, 6.45) is 3.14. The summed E-state index contributed by atoms with van der Waals surface area (Å²) in [5.41, 5.74) is 2.45. The van der Waals surface area contributed by atoms with Crippen molar-refractivity contribution >= 4 is 5.97 Å². The van der Waals surface area contributed by atoms with Crippen LogP contribution in [0.3, 0.4) is 0 Å². The van der Waals surface area contributed by atoms with Gasteiger partial charge in [0.05, 0.1) is 0 Å². The van der Waals surface area contributed by atoms with Crippen LogP contribution < -0.4 is 0 Å². The predicted molar refractivity (Wildman–Crippen MR) is 65.6 cm³/mol. The van der Waals surface area contributed by atoms with Crippen LogP contribution in [0, 0.1) is 5.92 Å². The molecule has 0 bridgehead atoms. The number of aliphatic carboxylic acids is 1. The van der Waals surface area contributed by atoms with E-state index in [4.69, 9.17) is 5.11 Å². The third-order valence-corrected chi connectivity index (χ3v) is 2.93. The van der Waals surface area contributed by atoms with E-state index in [1.165, 1.54) is 12.0 Å². The van der Waals surface area contributed by atoms with Crippen LogP contribution in [0.1, 0.15) is 37.8 Å². The van der Waals surface area contributed by atoms with Gasteiger partial charge in [-0.3, -0.25) is 4.79 Å². The molecule has 0 saturated heterocycles. The minimum atomic E-state index is -0.733. The third-order valence-electron chi connectivity index (χ3n) is 2.93. The number of aryl methyl sites for hydroxylation is 1. The van der Waals surface area contributed by atoms with E-state index in [0.717, 1.165) is 12.0 Å². The monoisotopic (exact) mass is 220 g/mol. The fraction of sp³-hybridized carbons (Fsp3) is 0.500. The molecule has 1 atom stereocenters. The Kier molecular flexibility index (Phi) is 5.03. The Labute approximate surface area is 97.3 Å². The molecule has 1 aromatic rings. The van der Waals surface area contributed by atoms with E-state index in [2.05, 4.69) is 26.0 Å². The zero-order chi connectivity index (χ0) is 12.0. The molecule has 2 heteroatoms. The molecular formula is C14H20O2. The summed E-state index contributed by atoms with van der Waals surface area (Å²) in [5, 5.41) is 8.58. The van der Waals surface area contributed by atoms with Crippen LogP contribution in [-0.2, 0) is 17.6 Å². The molecule has 88 valence electrons. The summed E-state index contributed by atoms with van der Waals surface area (Å²) < 4.78 is 0. The second-order valence-corrected chi connectivity index (χ2v) is 4.43. The van der Waals surface area contributed by atoms with Gasteiger partial charge in [0.25, 0.3) is 0 Å². The molecule has 1 aromatic carbocycles. The molecule has 0 aliphatic carbocycles. The number of carboxylic acid groups (broad SMARTS) is 1. The van der Waals surface area contributed by atoms with Gasteiger partial charge in [-0.2, -0.15) is 0 Å². The van der Waals surface area contributed by atoms with Gasteiger partial charge in [-0.1, -0.05) is 44.5 Å². The maximum absolute atomic E-state index is 10.4. The second kappa shape index (κ2) is 6.31. The lowest BCUT2D eigenvalue weighted by Gasteiger charge is -2.08. The lowest BCUT2D eigenvalue weighted by Crippen LogP contribution is -1.99. The fourth-order valence-electron chi connectivity index (χ4n) is 1.64. The molecule has 0 radical (unpaired) electrons. The zero-order valence-electron chi connectivity index (χ0n) is 10.1. The van der Waals surface area contributed by atoms with Crippen molar-refractivity contribution in [2.75, 3.05) is 0 Å². The van der Waals surface area contributed by atoms with Crippen LogP contribution >= 0.6 is 0 Å². The number of hydrogen-bond donors (Lipinski definition) is 1. The molecule has 0 spiro atoms. The molecule has 0 aliphatic heterocycles. The molecule has 0 fully saturated rings. The molecule has 1 N–H and O–H groups in total. The summed E-state index contributed by atoms with van der Waals surface area (Å²) in [4.78, 5) is 10.4. The summed E-state index contributed by atoms with van der Waals surface area (Å²) in [6, 6.07) is 8.31. The van der Waals surface area contributed by atoms with Crippen molar-refractivity contribution in [2.24, 2.45) is 5.92 Å². The molecule has 0 heterocycles. The number of carboxylic acids is 1. The fourth-order valence-corrected chi connectivity index (χ4v) is 1.64. The highest BCUT2D eigenvalue weighted by Gasteiger charge is 2.02. The summed E-state index contributed by atoms with van der Waals surface area (Å²) in [6.45, 7) is 4.45. The second-order valence-electron chi connectivity index (χ2n) is 4.43. The molecule has 0 saturated carbocycles. The zero-order valence-corrected chi connectivity index (χ0v) is 10.1. The highest BCUT2D eigenvalue weighted by Crippen LogP contribution is 2.13. The van der Waals surface area contributed by atoms with Gasteiger partial charge in [0.2, 0.25) is 0 Å². The third kappa shape index (κ3) is 4.47. The quantitative estimate of drug-likeness (QED) is 0.798. The van der Waals surface area contributed by atoms with Gasteiger partial charge in [0.15, 0.2) is 0 Å². The first-order chi connectivity index (χ1) is 7.61. The van der Waals surface area contributed by atoms with Crippen molar-refractivity contribution < 1.29 is 9.90 Å². The van der Waals surface area contributed by atoms with Crippen molar-refractivity contribution in [1.29, 1.82) is 0 Å². The van der Waals surface area contributed by atoms with Crippen molar-refractivity contribution in [3.63, 3.8) is 0 Å². The molecular weight excluding hydrogens is 200 g/mol. The number of hydrogen-bond acceptors (Lipinski definition) is 1. The molecule has 0 aromatic heterocycles. The lowest BCUT2D eigenvalue weighted by molar-refractivity contribution is -0.136. The molecule has 1 unspecified atom stereocenters. The highest BCUT2D eigenvalue weighted by atomic mass is 16.4. The Balaban J connectivity index is 2.50. The van der Waals surface area contributed by atoms with Gasteiger partial charge in [-0.15, -0.1) is 0 Å². The van der Waals surface area contributed by atoms with E-state index in [1.807, 2.05) is 12.1 Å². The Morgan fingerprint density at radius 3 is 2.31 bits per heavy atom. The minimum absolute atomic E-state index is 0.213. The molecule has 0 amide bonds. The van der Waals surface area contributed by atoms with Crippen molar-refractivity contribution in [3.05, 3.63) is 35.4 Å². The van der Waals surface area contributed by atoms with Crippen LogP contribution in [0.4, 0.5) is 0 Å². The normalized spacial score (nSPS) is 12.4. The molecule has 0 aliphatic rings. The van der Waals surface area contributed by atoms with Gasteiger partial charge in [0.1, 0.15) is 0 Å². The topological polar surface area (TPSA) is 37.3 Å². The first kappa shape index (κ1) is 12.8. The standard InChI is InChI=1S/C14H20O2/c1-3-11(2)10-13-6-4-12(5-7-13)8-9-14(15)16/h4-7,11H,3,8-10H2,1-2H3,(H,15,16). The smallest absolute Gasteiger partial charge is 0.303 e. The molecule has 1 rings (SSSR count). The van der Waals surface area contributed by atoms with Crippen LogP contribution in [0.25, 0.3) is 0 Å². The van der Waals surface area contributed by atoms with Gasteiger partial charge < -0.3 is 5.11 Å².